The zero-order valence-electron chi connectivity index (χ0n) is 11.4. The Kier molecular flexibility index (Phi) is 3.76. The van der Waals surface area contributed by atoms with Crippen LogP contribution in [0.25, 0.3) is 11.0 Å². The predicted octanol–water partition coefficient (Wildman–Crippen LogP) is 3.48. The first-order valence-electron chi connectivity index (χ1n) is 6.46. The van der Waals surface area contributed by atoms with Crippen LogP contribution in [0, 0.1) is 0 Å². The highest BCUT2D eigenvalue weighted by molar-refractivity contribution is 6.36. The van der Waals surface area contributed by atoms with Crippen LogP contribution in [-0.4, -0.2) is 20.9 Å². The SMILES string of the molecule is C=CC(=O)Nc1ccccc1Nc1ncnc2[nH]cc(Cl)c12. The molecule has 2 heterocycles. The van der Waals surface area contributed by atoms with E-state index in [1.807, 2.05) is 18.2 Å². The minimum absolute atomic E-state index is 0.290. The molecule has 0 radical (unpaired) electrons. The molecule has 1 aromatic carbocycles. The van der Waals surface area contributed by atoms with Crippen molar-refractivity contribution >= 4 is 45.7 Å². The summed E-state index contributed by atoms with van der Waals surface area (Å²) in [6, 6.07) is 7.28. The Morgan fingerprint density at radius 1 is 1.27 bits per heavy atom. The summed E-state index contributed by atoms with van der Waals surface area (Å²) < 4.78 is 0. The number of anilines is 3. The number of halogens is 1. The summed E-state index contributed by atoms with van der Waals surface area (Å²) in [5.74, 6) is 0.262. The van der Waals surface area contributed by atoms with Gasteiger partial charge in [0.1, 0.15) is 17.8 Å². The summed E-state index contributed by atoms with van der Waals surface area (Å²) in [6.07, 6.45) is 4.29. The molecule has 0 fully saturated rings. The second kappa shape index (κ2) is 5.87. The number of rotatable bonds is 4. The Morgan fingerprint density at radius 2 is 2.05 bits per heavy atom. The van der Waals surface area contributed by atoms with E-state index in [-0.39, 0.29) is 5.91 Å². The van der Waals surface area contributed by atoms with Crippen molar-refractivity contribution in [3.05, 3.63) is 54.5 Å². The second-order valence-electron chi connectivity index (χ2n) is 4.45. The normalized spacial score (nSPS) is 10.4. The average molecular weight is 314 g/mol. The van der Waals surface area contributed by atoms with E-state index in [2.05, 4.69) is 32.2 Å². The standard InChI is InChI=1S/C15H12ClN5O/c1-2-12(22)20-10-5-3-4-6-11(10)21-15-13-9(16)7-17-14(13)18-8-19-15/h2-8H,1H2,(H,20,22)(H2,17,18,19,21). The molecule has 0 atom stereocenters. The third-order valence-corrected chi connectivity index (χ3v) is 3.34. The number of H-pyrrole nitrogens is 1. The number of nitrogens with zero attached hydrogens (tertiary/aromatic N) is 2. The van der Waals surface area contributed by atoms with Gasteiger partial charge in [-0.2, -0.15) is 0 Å². The first-order chi connectivity index (χ1) is 10.7. The Bertz CT molecular complexity index is 858. The van der Waals surface area contributed by atoms with Crippen LogP contribution >= 0.6 is 11.6 Å². The van der Waals surface area contributed by atoms with E-state index < -0.39 is 0 Å². The first kappa shape index (κ1) is 14.1. The number of hydrogen-bond donors (Lipinski definition) is 3. The average Bonchev–Trinajstić information content (AvgIpc) is 2.91. The van der Waals surface area contributed by atoms with Gasteiger partial charge in [-0.25, -0.2) is 9.97 Å². The van der Waals surface area contributed by atoms with Gasteiger partial charge in [-0.05, 0) is 18.2 Å². The number of carbonyl (C=O) groups is 1. The van der Waals surface area contributed by atoms with Crippen molar-refractivity contribution in [3.8, 4) is 0 Å². The van der Waals surface area contributed by atoms with Crippen LogP contribution < -0.4 is 10.6 Å². The van der Waals surface area contributed by atoms with Crippen LogP contribution in [0.5, 0.6) is 0 Å². The topological polar surface area (TPSA) is 82.7 Å². The van der Waals surface area contributed by atoms with E-state index in [4.69, 9.17) is 11.6 Å². The molecule has 110 valence electrons. The highest BCUT2D eigenvalue weighted by Gasteiger charge is 2.11. The summed E-state index contributed by atoms with van der Waals surface area (Å²) in [6.45, 7) is 3.44. The molecule has 6 nitrogen and oxygen atoms in total. The molecule has 0 saturated carbocycles. The van der Waals surface area contributed by atoms with Crippen LogP contribution in [-0.2, 0) is 4.79 Å². The van der Waals surface area contributed by atoms with Crippen LogP contribution in [0.15, 0.2) is 49.4 Å². The molecular weight excluding hydrogens is 302 g/mol. The molecule has 7 heteroatoms. The van der Waals surface area contributed by atoms with Crippen molar-refractivity contribution < 1.29 is 4.79 Å². The van der Waals surface area contributed by atoms with E-state index in [1.165, 1.54) is 12.4 Å². The minimum atomic E-state index is -0.290. The van der Waals surface area contributed by atoms with Crippen LogP contribution in [0.2, 0.25) is 5.02 Å². The van der Waals surface area contributed by atoms with Crippen molar-refractivity contribution in [2.45, 2.75) is 0 Å². The lowest BCUT2D eigenvalue weighted by molar-refractivity contribution is -0.111. The Balaban J connectivity index is 2.00. The number of aromatic amines is 1. The molecule has 0 aliphatic rings. The maximum absolute atomic E-state index is 11.5. The third kappa shape index (κ3) is 2.64. The van der Waals surface area contributed by atoms with Gasteiger partial charge in [-0.1, -0.05) is 30.3 Å². The molecule has 1 amide bonds. The lowest BCUT2D eigenvalue weighted by Crippen LogP contribution is -2.09. The van der Waals surface area contributed by atoms with Crippen LogP contribution in [0.3, 0.4) is 0 Å². The smallest absolute Gasteiger partial charge is 0.247 e. The van der Waals surface area contributed by atoms with Gasteiger partial charge in [0, 0.05) is 6.20 Å². The van der Waals surface area contributed by atoms with E-state index >= 15 is 0 Å². The van der Waals surface area contributed by atoms with Gasteiger partial charge < -0.3 is 15.6 Å². The molecule has 22 heavy (non-hydrogen) atoms. The highest BCUT2D eigenvalue weighted by Crippen LogP contribution is 2.31. The van der Waals surface area contributed by atoms with Gasteiger partial charge in [0.05, 0.1) is 21.8 Å². The lowest BCUT2D eigenvalue weighted by atomic mass is 10.2. The van der Waals surface area contributed by atoms with Gasteiger partial charge in [0.25, 0.3) is 0 Å². The maximum Gasteiger partial charge on any atom is 0.247 e. The molecule has 0 aliphatic heterocycles. The van der Waals surface area contributed by atoms with E-state index in [1.54, 1.807) is 12.3 Å². The van der Waals surface area contributed by atoms with Crippen molar-refractivity contribution in [2.75, 3.05) is 10.6 Å². The summed E-state index contributed by atoms with van der Waals surface area (Å²) in [4.78, 5) is 22.8. The molecule has 0 saturated heterocycles. The number of benzene rings is 1. The van der Waals surface area contributed by atoms with E-state index in [9.17, 15) is 4.79 Å². The Morgan fingerprint density at radius 3 is 2.82 bits per heavy atom. The Hall–Kier alpha value is -2.86. The summed E-state index contributed by atoms with van der Waals surface area (Å²) in [7, 11) is 0. The number of hydrogen-bond acceptors (Lipinski definition) is 4. The molecule has 3 N–H and O–H groups in total. The number of fused-ring (bicyclic) bond motifs is 1. The summed E-state index contributed by atoms with van der Waals surface area (Å²) >= 11 is 6.16. The monoisotopic (exact) mass is 313 g/mol. The van der Waals surface area contributed by atoms with Gasteiger partial charge in [-0.15, -0.1) is 0 Å². The van der Waals surface area contributed by atoms with E-state index in [0.29, 0.717) is 33.2 Å². The number of aromatic nitrogens is 3. The molecule has 2 aromatic heterocycles. The fraction of sp³-hybridized carbons (Fsp3) is 0. The minimum Gasteiger partial charge on any atom is -0.344 e. The first-order valence-corrected chi connectivity index (χ1v) is 6.84. The van der Waals surface area contributed by atoms with Crippen molar-refractivity contribution in [1.82, 2.24) is 15.0 Å². The second-order valence-corrected chi connectivity index (χ2v) is 4.85. The zero-order valence-corrected chi connectivity index (χ0v) is 12.2. The summed E-state index contributed by atoms with van der Waals surface area (Å²) in [5.41, 5.74) is 1.94. The number of para-hydroxylation sites is 2. The molecule has 3 aromatic rings. The van der Waals surface area contributed by atoms with Gasteiger partial charge in [0.2, 0.25) is 5.91 Å². The molecule has 0 bridgehead atoms. The number of amides is 1. The number of nitrogens with one attached hydrogen (secondary N) is 3. The van der Waals surface area contributed by atoms with Crippen molar-refractivity contribution in [3.63, 3.8) is 0 Å². The van der Waals surface area contributed by atoms with Gasteiger partial charge in [-0.3, -0.25) is 4.79 Å². The van der Waals surface area contributed by atoms with Gasteiger partial charge >= 0.3 is 0 Å². The van der Waals surface area contributed by atoms with Crippen LogP contribution in [0.4, 0.5) is 17.2 Å². The third-order valence-electron chi connectivity index (χ3n) is 3.05. The lowest BCUT2D eigenvalue weighted by Gasteiger charge is -2.12. The summed E-state index contributed by atoms with van der Waals surface area (Å²) in [5, 5.41) is 7.11. The van der Waals surface area contributed by atoms with Crippen molar-refractivity contribution in [2.24, 2.45) is 0 Å². The molecule has 3 rings (SSSR count). The zero-order chi connectivity index (χ0) is 15.5. The molecule has 0 unspecified atom stereocenters. The Labute approximate surface area is 131 Å². The number of carbonyl (C=O) groups excluding carboxylic acids is 1. The fourth-order valence-electron chi connectivity index (χ4n) is 2.03. The highest BCUT2D eigenvalue weighted by atomic mass is 35.5. The van der Waals surface area contributed by atoms with Crippen LogP contribution in [0.1, 0.15) is 0 Å². The molecular formula is C15H12ClN5O. The quantitative estimate of drug-likeness (QED) is 0.644. The molecule has 0 spiro atoms. The van der Waals surface area contributed by atoms with E-state index in [0.717, 1.165) is 0 Å². The maximum atomic E-state index is 11.5. The van der Waals surface area contributed by atoms with Crippen molar-refractivity contribution in [1.29, 1.82) is 0 Å². The van der Waals surface area contributed by atoms with Gasteiger partial charge in [0.15, 0.2) is 0 Å². The molecule has 0 aliphatic carbocycles. The fourth-order valence-corrected chi connectivity index (χ4v) is 2.27. The largest absolute Gasteiger partial charge is 0.344 e. The predicted molar refractivity (Wildman–Crippen MR) is 87.5 cm³/mol.